The number of anilines is 1. The van der Waals surface area contributed by atoms with Crippen molar-refractivity contribution in [3.8, 4) is 5.75 Å². The Hall–Kier alpha value is -2.59. The van der Waals surface area contributed by atoms with Crippen LogP contribution in [0.15, 0.2) is 54.7 Å². The minimum atomic E-state index is -0.291. The Morgan fingerprint density at radius 2 is 1.95 bits per heavy atom. The van der Waals surface area contributed by atoms with E-state index in [2.05, 4.69) is 10.3 Å². The summed E-state index contributed by atoms with van der Waals surface area (Å²) in [5.74, 6) is -0.369. The minimum absolute atomic E-state index is 0.0782. The summed E-state index contributed by atoms with van der Waals surface area (Å²) in [6.07, 6.45) is 1.65. The van der Waals surface area contributed by atoms with Gasteiger partial charge in [0.2, 0.25) is 0 Å². The first kappa shape index (κ1) is 13.4. The van der Waals surface area contributed by atoms with Gasteiger partial charge in [0.15, 0.2) is 0 Å². The molecule has 21 heavy (non-hydrogen) atoms. The van der Waals surface area contributed by atoms with Crippen molar-refractivity contribution < 1.29 is 9.90 Å². The van der Waals surface area contributed by atoms with Gasteiger partial charge < -0.3 is 10.4 Å². The number of hydrogen-bond donors (Lipinski definition) is 2. The molecule has 0 radical (unpaired) electrons. The van der Waals surface area contributed by atoms with Gasteiger partial charge >= 0.3 is 0 Å². The Kier molecular flexibility index (Phi) is 3.46. The van der Waals surface area contributed by atoms with E-state index in [0.717, 1.165) is 5.39 Å². The number of carbonyl (C=O) groups excluding carboxylic acids is 1. The average Bonchev–Trinajstić information content (AvgIpc) is 2.50. The summed E-state index contributed by atoms with van der Waals surface area (Å²) in [4.78, 5) is 16.6. The van der Waals surface area contributed by atoms with Crippen molar-refractivity contribution in [1.29, 1.82) is 0 Å². The summed E-state index contributed by atoms with van der Waals surface area (Å²) >= 11 is 5.74. The summed E-state index contributed by atoms with van der Waals surface area (Å²) in [5, 5.41) is 13.4. The van der Waals surface area contributed by atoms with Gasteiger partial charge in [-0.1, -0.05) is 29.8 Å². The third-order valence-electron chi connectivity index (χ3n) is 3.08. The molecule has 0 unspecified atom stereocenters. The van der Waals surface area contributed by atoms with Gasteiger partial charge in [-0.25, -0.2) is 0 Å². The summed E-state index contributed by atoms with van der Waals surface area (Å²) in [5.41, 5.74) is 1.58. The highest BCUT2D eigenvalue weighted by Crippen LogP contribution is 2.26. The summed E-state index contributed by atoms with van der Waals surface area (Å²) in [6.45, 7) is 0. The molecule has 4 nitrogen and oxygen atoms in total. The molecule has 1 amide bonds. The van der Waals surface area contributed by atoms with Gasteiger partial charge in [0, 0.05) is 23.3 Å². The first-order valence-corrected chi connectivity index (χ1v) is 6.66. The number of aromatic nitrogens is 1. The Morgan fingerprint density at radius 3 is 2.76 bits per heavy atom. The van der Waals surface area contributed by atoms with E-state index in [0.29, 0.717) is 16.8 Å². The molecule has 0 saturated heterocycles. The number of rotatable bonds is 2. The lowest BCUT2D eigenvalue weighted by atomic mass is 10.1. The molecule has 2 aromatic carbocycles. The zero-order valence-corrected chi connectivity index (χ0v) is 11.6. The number of amides is 1. The molecule has 0 atom stereocenters. The normalized spacial score (nSPS) is 10.5. The Labute approximate surface area is 126 Å². The molecule has 2 N–H and O–H groups in total. The van der Waals surface area contributed by atoms with Crippen LogP contribution < -0.4 is 5.32 Å². The number of halogens is 1. The highest BCUT2D eigenvalue weighted by molar-refractivity contribution is 6.32. The van der Waals surface area contributed by atoms with Crippen LogP contribution in [0.1, 0.15) is 10.4 Å². The molecule has 0 bridgehead atoms. The topological polar surface area (TPSA) is 62.2 Å². The fraction of sp³-hybridized carbons (Fsp3) is 0. The number of nitrogens with one attached hydrogen (secondary N) is 1. The fourth-order valence-corrected chi connectivity index (χ4v) is 2.19. The number of phenolic OH excluding ortho intramolecular Hbond substituents is 1. The molecular formula is C16H11ClN2O2. The van der Waals surface area contributed by atoms with Crippen molar-refractivity contribution in [3.05, 3.63) is 65.3 Å². The Morgan fingerprint density at radius 1 is 1.14 bits per heavy atom. The molecule has 1 heterocycles. The predicted molar refractivity (Wildman–Crippen MR) is 82.8 cm³/mol. The van der Waals surface area contributed by atoms with Crippen molar-refractivity contribution >= 4 is 34.1 Å². The molecule has 3 aromatic rings. The average molecular weight is 299 g/mol. The second kappa shape index (κ2) is 5.42. The molecule has 0 aliphatic rings. The van der Waals surface area contributed by atoms with Gasteiger partial charge in [-0.3, -0.25) is 9.78 Å². The number of para-hydroxylation sites is 1. The monoisotopic (exact) mass is 298 g/mol. The number of pyridine rings is 1. The number of nitrogens with zero attached hydrogens (tertiary/aromatic N) is 1. The van der Waals surface area contributed by atoms with Gasteiger partial charge in [-0.15, -0.1) is 0 Å². The van der Waals surface area contributed by atoms with Crippen molar-refractivity contribution in [3.63, 3.8) is 0 Å². The number of fused-ring (bicyclic) bond motifs is 1. The van der Waals surface area contributed by atoms with Crippen LogP contribution in [-0.4, -0.2) is 16.0 Å². The number of aromatic hydroxyl groups is 1. The van der Waals surface area contributed by atoms with Crippen molar-refractivity contribution in [2.45, 2.75) is 0 Å². The predicted octanol–water partition coefficient (Wildman–Crippen LogP) is 3.85. The first-order chi connectivity index (χ1) is 10.1. The van der Waals surface area contributed by atoms with E-state index in [-0.39, 0.29) is 16.7 Å². The quantitative estimate of drug-likeness (QED) is 0.755. The number of benzene rings is 2. The van der Waals surface area contributed by atoms with E-state index in [9.17, 15) is 9.90 Å². The lowest BCUT2D eigenvalue weighted by Crippen LogP contribution is -2.12. The second-order valence-corrected chi connectivity index (χ2v) is 4.91. The van der Waals surface area contributed by atoms with E-state index in [1.807, 2.05) is 18.2 Å². The third kappa shape index (κ3) is 2.66. The van der Waals surface area contributed by atoms with Crippen LogP contribution in [0, 0.1) is 0 Å². The van der Waals surface area contributed by atoms with Crippen LogP contribution in [0.25, 0.3) is 10.9 Å². The van der Waals surface area contributed by atoms with Gasteiger partial charge in [0.25, 0.3) is 5.91 Å². The summed E-state index contributed by atoms with van der Waals surface area (Å²) in [7, 11) is 0. The van der Waals surface area contributed by atoms with E-state index >= 15 is 0 Å². The van der Waals surface area contributed by atoms with Crippen molar-refractivity contribution in [2.24, 2.45) is 0 Å². The van der Waals surface area contributed by atoms with Crippen LogP contribution in [0.4, 0.5) is 5.69 Å². The van der Waals surface area contributed by atoms with Crippen LogP contribution in [0.5, 0.6) is 5.75 Å². The van der Waals surface area contributed by atoms with Gasteiger partial charge in [0.1, 0.15) is 5.75 Å². The molecule has 0 aliphatic carbocycles. The standard InChI is InChI=1S/C16H11ClN2O2/c17-13-7-6-11(9-14(13)20)19-16(21)12-5-1-3-10-4-2-8-18-15(10)12/h1-9,20H,(H,19,21). The molecule has 104 valence electrons. The number of hydrogen-bond acceptors (Lipinski definition) is 3. The van der Waals surface area contributed by atoms with Gasteiger partial charge in [-0.05, 0) is 24.3 Å². The van der Waals surface area contributed by atoms with E-state index < -0.39 is 0 Å². The minimum Gasteiger partial charge on any atom is -0.506 e. The number of carbonyl (C=O) groups is 1. The molecule has 0 spiro atoms. The third-order valence-corrected chi connectivity index (χ3v) is 3.40. The van der Waals surface area contributed by atoms with Gasteiger partial charge in [-0.2, -0.15) is 0 Å². The molecule has 1 aromatic heterocycles. The van der Waals surface area contributed by atoms with Gasteiger partial charge in [0.05, 0.1) is 16.1 Å². The maximum Gasteiger partial charge on any atom is 0.257 e. The Bertz CT molecular complexity index is 828. The molecule has 0 fully saturated rings. The van der Waals surface area contributed by atoms with Crippen LogP contribution in [-0.2, 0) is 0 Å². The van der Waals surface area contributed by atoms with Crippen molar-refractivity contribution in [2.75, 3.05) is 5.32 Å². The highest BCUT2D eigenvalue weighted by atomic mass is 35.5. The number of phenols is 1. The van der Waals surface area contributed by atoms with E-state index in [1.165, 1.54) is 12.1 Å². The highest BCUT2D eigenvalue weighted by Gasteiger charge is 2.11. The fourth-order valence-electron chi connectivity index (χ4n) is 2.08. The molecule has 5 heteroatoms. The zero-order valence-electron chi connectivity index (χ0n) is 10.9. The first-order valence-electron chi connectivity index (χ1n) is 6.29. The lowest BCUT2D eigenvalue weighted by Gasteiger charge is -2.08. The van der Waals surface area contributed by atoms with Crippen LogP contribution >= 0.6 is 11.6 Å². The van der Waals surface area contributed by atoms with Crippen LogP contribution in [0.2, 0.25) is 5.02 Å². The molecule has 0 aliphatic heterocycles. The molecule has 3 rings (SSSR count). The smallest absolute Gasteiger partial charge is 0.257 e. The van der Waals surface area contributed by atoms with Crippen LogP contribution in [0.3, 0.4) is 0 Å². The second-order valence-electron chi connectivity index (χ2n) is 4.50. The maximum atomic E-state index is 12.4. The maximum absolute atomic E-state index is 12.4. The molecule has 0 saturated carbocycles. The van der Waals surface area contributed by atoms with E-state index in [1.54, 1.807) is 24.4 Å². The van der Waals surface area contributed by atoms with E-state index in [4.69, 9.17) is 11.6 Å². The Balaban J connectivity index is 1.95. The SMILES string of the molecule is O=C(Nc1ccc(Cl)c(O)c1)c1cccc2cccnc12. The summed E-state index contributed by atoms with van der Waals surface area (Å²) in [6, 6.07) is 13.7. The molecular weight excluding hydrogens is 288 g/mol. The lowest BCUT2D eigenvalue weighted by molar-refractivity contribution is 0.102. The largest absolute Gasteiger partial charge is 0.506 e. The van der Waals surface area contributed by atoms with Crippen molar-refractivity contribution in [1.82, 2.24) is 4.98 Å². The zero-order chi connectivity index (χ0) is 14.8. The summed E-state index contributed by atoms with van der Waals surface area (Å²) < 4.78 is 0.